The van der Waals surface area contributed by atoms with Gasteiger partial charge >= 0.3 is 0 Å². The summed E-state index contributed by atoms with van der Waals surface area (Å²) in [7, 11) is 0. The van der Waals surface area contributed by atoms with E-state index in [0.29, 0.717) is 6.04 Å². The molecule has 34 heavy (non-hydrogen) atoms. The van der Waals surface area contributed by atoms with Crippen molar-refractivity contribution in [2.45, 2.75) is 193 Å². The lowest BCUT2D eigenvalue weighted by molar-refractivity contribution is 0.353. The van der Waals surface area contributed by atoms with Gasteiger partial charge < -0.3 is 5.32 Å². The summed E-state index contributed by atoms with van der Waals surface area (Å²) in [5.74, 6) is 0.889. The maximum absolute atomic E-state index is 4.39. The van der Waals surface area contributed by atoms with Crippen molar-refractivity contribution in [3.8, 4) is 0 Å². The minimum Gasteiger partial charge on any atom is -0.308 e. The Morgan fingerprint density at radius 2 is 1.09 bits per heavy atom. The topological polar surface area (TPSA) is 12.0 Å². The summed E-state index contributed by atoms with van der Waals surface area (Å²) in [6, 6.07) is 1.33. The highest BCUT2D eigenvalue weighted by atomic mass is 15.0. The Morgan fingerprint density at radius 3 is 1.53 bits per heavy atom. The molecule has 0 aromatic heterocycles. The van der Waals surface area contributed by atoms with Gasteiger partial charge in [0.05, 0.1) is 0 Å². The molecule has 0 aromatic rings. The van der Waals surface area contributed by atoms with Crippen molar-refractivity contribution >= 4 is 0 Å². The average molecular weight is 476 g/mol. The lowest BCUT2D eigenvalue weighted by Gasteiger charge is -2.30. The largest absolute Gasteiger partial charge is 0.308 e. The average Bonchev–Trinajstić information content (AvgIpc) is 2.82. The van der Waals surface area contributed by atoms with Crippen molar-refractivity contribution in [3.63, 3.8) is 0 Å². The Labute approximate surface area is 216 Å². The van der Waals surface area contributed by atoms with Crippen molar-refractivity contribution in [1.29, 1.82) is 0 Å². The van der Waals surface area contributed by atoms with E-state index in [0.717, 1.165) is 12.0 Å². The van der Waals surface area contributed by atoms with Gasteiger partial charge in [0, 0.05) is 12.1 Å². The monoisotopic (exact) mass is 476 g/mol. The van der Waals surface area contributed by atoms with Gasteiger partial charge in [0.2, 0.25) is 0 Å². The molecule has 0 amide bonds. The Balaban J connectivity index is 2.01. The van der Waals surface area contributed by atoms with Crippen LogP contribution in [0.1, 0.15) is 181 Å². The molecule has 0 bridgehead atoms. The molecule has 202 valence electrons. The Hall–Kier alpha value is -0.300. The van der Waals surface area contributed by atoms with Gasteiger partial charge in [0.15, 0.2) is 0 Å². The highest BCUT2D eigenvalue weighted by Crippen LogP contribution is 2.24. The van der Waals surface area contributed by atoms with Crippen LogP contribution in [0.4, 0.5) is 0 Å². The summed E-state index contributed by atoms with van der Waals surface area (Å²) >= 11 is 0. The van der Waals surface area contributed by atoms with Crippen LogP contribution in [-0.4, -0.2) is 12.1 Å². The first-order valence-corrected chi connectivity index (χ1v) is 16.1. The molecule has 1 rings (SSSR count). The first kappa shape index (κ1) is 31.7. The fourth-order valence-corrected chi connectivity index (χ4v) is 5.76. The molecular formula is C33H65N. The molecule has 1 fully saturated rings. The molecule has 0 aromatic carbocycles. The molecule has 1 unspecified atom stereocenters. The van der Waals surface area contributed by atoms with Gasteiger partial charge in [-0.25, -0.2) is 0 Å². The van der Waals surface area contributed by atoms with Gasteiger partial charge in [-0.3, -0.25) is 0 Å². The molecule has 1 heteroatoms. The summed E-state index contributed by atoms with van der Waals surface area (Å²) in [5.41, 5.74) is 1.48. The molecular weight excluding hydrogens is 410 g/mol. The predicted octanol–water partition coefficient (Wildman–Crippen LogP) is 11.3. The molecule has 1 N–H and O–H groups in total. The second-order valence-corrected chi connectivity index (χ2v) is 12.1. The zero-order chi connectivity index (χ0) is 24.7. The summed E-state index contributed by atoms with van der Waals surface area (Å²) in [6.07, 6.45) is 35.5. The summed E-state index contributed by atoms with van der Waals surface area (Å²) < 4.78 is 0. The van der Waals surface area contributed by atoms with Crippen molar-refractivity contribution in [2.24, 2.45) is 5.92 Å². The second-order valence-electron chi connectivity index (χ2n) is 12.1. The molecule has 1 saturated carbocycles. The van der Waals surface area contributed by atoms with Crippen LogP contribution >= 0.6 is 0 Å². The van der Waals surface area contributed by atoms with Crippen molar-refractivity contribution in [2.75, 3.05) is 0 Å². The molecule has 1 aliphatic rings. The van der Waals surface area contributed by atoms with E-state index in [9.17, 15) is 0 Å². The molecule has 0 saturated heterocycles. The minimum absolute atomic E-state index is 0.606. The molecule has 2 atom stereocenters. The number of rotatable bonds is 24. The zero-order valence-electron chi connectivity index (χ0n) is 24.1. The zero-order valence-corrected chi connectivity index (χ0v) is 24.1. The van der Waals surface area contributed by atoms with E-state index >= 15 is 0 Å². The van der Waals surface area contributed by atoms with E-state index in [-0.39, 0.29) is 0 Å². The minimum atomic E-state index is 0.606. The van der Waals surface area contributed by atoms with Gasteiger partial charge in [-0.15, -0.1) is 0 Å². The Bertz CT molecular complexity index is 440. The number of hydrogen-bond donors (Lipinski definition) is 1. The third-order valence-corrected chi connectivity index (χ3v) is 8.16. The number of unbranched alkanes of at least 4 members (excludes halogenated alkanes) is 16. The molecule has 0 aliphatic heterocycles. The predicted molar refractivity (Wildman–Crippen MR) is 156 cm³/mol. The molecule has 0 spiro atoms. The lowest BCUT2D eigenvalue weighted by Crippen LogP contribution is -2.40. The molecule has 0 heterocycles. The quantitative estimate of drug-likeness (QED) is 0.108. The number of hydrogen-bond acceptors (Lipinski definition) is 1. The highest BCUT2D eigenvalue weighted by Gasteiger charge is 2.20. The van der Waals surface area contributed by atoms with Crippen LogP contribution < -0.4 is 5.32 Å². The van der Waals surface area contributed by atoms with Crippen LogP contribution in [0.3, 0.4) is 0 Å². The van der Waals surface area contributed by atoms with Gasteiger partial charge in [-0.2, -0.15) is 0 Å². The SMILES string of the molecule is C=C1CCCC[C@@H]1NC(CCCCCCC)CCCCCCCCCCCCCCCC(C)C. The first-order valence-electron chi connectivity index (χ1n) is 16.1. The number of nitrogens with one attached hydrogen (secondary N) is 1. The van der Waals surface area contributed by atoms with E-state index in [4.69, 9.17) is 0 Å². The molecule has 1 aliphatic carbocycles. The van der Waals surface area contributed by atoms with Gasteiger partial charge in [-0.05, 0) is 38.0 Å². The second kappa shape index (κ2) is 23.1. The van der Waals surface area contributed by atoms with E-state index in [1.807, 2.05) is 0 Å². The van der Waals surface area contributed by atoms with E-state index in [1.165, 1.54) is 166 Å². The Morgan fingerprint density at radius 1 is 0.647 bits per heavy atom. The molecule has 0 radical (unpaired) electrons. The van der Waals surface area contributed by atoms with Gasteiger partial charge in [0.25, 0.3) is 0 Å². The first-order chi connectivity index (χ1) is 16.6. The van der Waals surface area contributed by atoms with Crippen molar-refractivity contribution in [3.05, 3.63) is 12.2 Å². The maximum Gasteiger partial charge on any atom is 0.0279 e. The fraction of sp³-hybridized carbons (Fsp3) is 0.939. The van der Waals surface area contributed by atoms with E-state index in [2.05, 4.69) is 32.7 Å². The fourth-order valence-electron chi connectivity index (χ4n) is 5.76. The summed E-state index contributed by atoms with van der Waals surface area (Å²) in [4.78, 5) is 0. The third-order valence-electron chi connectivity index (χ3n) is 8.16. The third kappa shape index (κ3) is 19.0. The van der Waals surface area contributed by atoms with Gasteiger partial charge in [0.1, 0.15) is 0 Å². The van der Waals surface area contributed by atoms with Crippen LogP contribution in [0.5, 0.6) is 0 Å². The van der Waals surface area contributed by atoms with Crippen LogP contribution in [-0.2, 0) is 0 Å². The Kier molecular flexibility index (Phi) is 21.6. The smallest absolute Gasteiger partial charge is 0.0279 e. The van der Waals surface area contributed by atoms with Crippen LogP contribution in [0.15, 0.2) is 12.2 Å². The summed E-state index contributed by atoms with van der Waals surface area (Å²) in [6.45, 7) is 11.4. The summed E-state index contributed by atoms with van der Waals surface area (Å²) in [5, 5.41) is 4.05. The van der Waals surface area contributed by atoms with E-state index in [1.54, 1.807) is 0 Å². The van der Waals surface area contributed by atoms with E-state index < -0.39 is 0 Å². The standard InChI is InChI=1S/C33H65N/c1-5-6-7-17-21-27-32(34-33-29-24-23-26-31(33)4)28-22-19-16-14-12-10-8-9-11-13-15-18-20-25-30(2)3/h30,32-34H,4-29H2,1-3H3/t32?,33-/m0/s1. The van der Waals surface area contributed by atoms with Crippen molar-refractivity contribution in [1.82, 2.24) is 5.32 Å². The van der Waals surface area contributed by atoms with Crippen LogP contribution in [0.25, 0.3) is 0 Å². The van der Waals surface area contributed by atoms with Crippen molar-refractivity contribution < 1.29 is 0 Å². The van der Waals surface area contributed by atoms with Crippen LogP contribution in [0.2, 0.25) is 0 Å². The van der Waals surface area contributed by atoms with Crippen LogP contribution in [0, 0.1) is 5.92 Å². The van der Waals surface area contributed by atoms with Gasteiger partial charge in [-0.1, -0.05) is 161 Å². The highest BCUT2D eigenvalue weighted by molar-refractivity contribution is 5.08. The molecule has 1 nitrogen and oxygen atoms in total. The lowest BCUT2D eigenvalue weighted by atomic mass is 9.89. The normalized spacial score (nSPS) is 17.5. The maximum atomic E-state index is 4.39.